The molecule has 20 heavy (non-hydrogen) atoms. The fourth-order valence-corrected chi connectivity index (χ4v) is 1.98. The molecule has 0 radical (unpaired) electrons. The third-order valence-electron chi connectivity index (χ3n) is 2.69. The normalized spacial score (nSPS) is 13.1. The molecular weight excluding hydrogens is 268 g/mol. The minimum absolute atomic E-state index is 0.0241. The van der Waals surface area contributed by atoms with Gasteiger partial charge in [-0.15, -0.1) is 0 Å². The highest BCUT2D eigenvalue weighted by molar-refractivity contribution is 5.94. The van der Waals surface area contributed by atoms with Crippen LogP contribution >= 0.6 is 0 Å². The van der Waals surface area contributed by atoms with Gasteiger partial charge in [-0.05, 0) is 34.5 Å². The number of fused-ring (bicyclic) bond motifs is 2. The first-order chi connectivity index (χ1) is 9.58. The molecule has 1 aliphatic heterocycles. The van der Waals surface area contributed by atoms with Crippen molar-refractivity contribution in [2.45, 2.75) is 13.8 Å². The molecule has 3 heterocycles. The number of hydrogen-bond acceptors (Lipinski definition) is 10. The molecule has 0 spiro atoms. The molecule has 2 aromatic rings. The second kappa shape index (κ2) is 4.40. The van der Waals surface area contributed by atoms with E-state index in [-0.39, 0.29) is 24.7 Å². The van der Waals surface area contributed by atoms with Crippen molar-refractivity contribution in [3.63, 3.8) is 0 Å². The van der Waals surface area contributed by atoms with Crippen molar-refractivity contribution in [2.75, 3.05) is 22.9 Å². The summed E-state index contributed by atoms with van der Waals surface area (Å²) in [7, 11) is 0. The molecule has 0 bridgehead atoms. The number of hydrogen-bond donors (Lipinski definition) is 0. The Morgan fingerprint density at radius 2 is 1.10 bits per heavy atom. The van der Waals surface area contributed by atoms with Crippen molar-refractivity contribution in [3.8, 4) is 0 Å². The fourth-order valence-electron chi connectivity index (χ4n) is 1.98. The van der Waals surface area contributed by atoms with Crippen LogP contribution in [0, 0.1) is 0 Å². The maximum absolute atomic E-state index is 11.4. The van der Waals surface area contributed by atoms with Crippen LogP contribution in [-0.4, -0.2) is 45.3 Å². The van der Waals surface area contributed by atoms with Gasteiger partial charge in [-0.3, -0.25) is 19.4 Å². The molecule has 0 unspecified atom stereocenters. The first-order valence-electron chi connectivity index (χ1n) is 5.77. The van der Waals surface area contributed by atoms with Gasteiger partial charge >= 0.3 is 0 Å². The Hall–Kier alpha value is -2.78. The summed E-state index contributed by atoms with van der Waals surface area (Å²) in [6.45, 7) is 2.91. The number of carbonyl (C=O) groups is 2. The number of anilines is 4. The predicted molar refractivity (Wildman–Crippen MR) is 64.0 cm³/mol. The van der Waals surface area contributed by atoms with Gasteiger partial charge in [0.25, 0.3) is 0 Å². The summed E-state index contributed by atoms with van der Waals surface area (Å²) in [6.07, 6.45) is 0. The second-order valence-electron chi connectivity index (χ2n) is 4.40. The van der Waals surface area contributed by atoms with E-state index in [1.165, 1.54) is 23.6 Å². The minimum Gasteiger partial charge on any atom is -0.298 e. The lowest BCUT2D eigenvalue weighted by molar-refractivity contribution is -0.116. The van der Waals surface area contributed by atoms with E-state index in [9.17, 15) is 9.59 Å². The number of rotatable bonds is 4. The summed E-state index contributed by atoms with van der Waals surface area (Å²) in [6, 6.07) is 0. The van der Waals surface area contributed by atoms with E-state index in [0.717, 1.165) is 0 Å². The van der Waals surface area contributed by atoms with Crippen LogP contribution in [0.1, 0.15) is 13.8 Å². The van der Waals surface area contributed by atoms with Crippen molar-refractivity contribution in [1.29, 1.82) is 0 Å². The van der Waals surface area contributed by atoms with Crippen LogP contribution in [0.2, 0.25) is 0 Å². The zero-order chi connectivity index (χ0) is 14.3. The largest absolute Gasteiger partial charge is 0.298 e. The fraction of sp³-hybridized carbons (Fsp3) is 0.400. The summed E-state index contributed by atoms with van der Waals surface area (Å²) < 4.78 is 9.40. The minimum atomic E-state index is -0.104. The number of ketones is 2. The standard InChI is InChI=1S/C10H10N6O4/c1-5(17)3-15-7-9(13-19-11-7)16(4-6(2)18)10-8(15)12-20-14-10/h3-4H2,1-2H3. The van der Waals surface area contributed by atoms with Gasteiger partial charge in [-0.2, -0.15) is 0 Å². The molecule has 0 amide bonds. The summed E-state index contributed by atoms with van der Waals surface area (Å²) in [5.41, 5.74) is 0. The Kier molecular flexibility index (Phi) is 2.70. The van der Waals surface area contributed by atoms with Crippen LogP contribution in [0.15, 0.2) is 9.26 Å². The zero-order valence-electron chi connectivity index (χ0n) is 10.7. The molecule has 0 saturated carbocycles. The van der Waals surface area contributed by atoms with Crippen LogP contribution in [-0.2, 0) is 9.59 Å². The van der Waals surface area contributed by atoms with Gasteiger partial charge in [0.05, 0.1) is 13.1 Å². The Morgan fingerprint density at radius 3 is 1.35 bits per heavy atom. The van der Waals surface area contributed by atoms with Gasteiger partial charge in [0.1, 0.15) is 11.6 Å². The lowest BCUT2D eigenvalue weighted by Crippen LogP contribution is -2.34. The molecule has 0 aliphatic carbocycles. The molecule has 0 aromatic carbocycles. The summed E-state index contributed by atoms with van der Waals surface area (Å²) in [5, 5.41) is 15.0. The average molecular weight is 278 g/mol. The zero-order valence-corrected chi connectivity index (χ0v) is 10.7. The van der Waals surface area contributed by atoms with Crippen LogP contribution in [0.5, 0.6) is 0 Å². The summed E-state index contributed by atoms with van der Waals surface area (Å²) in [4.78, 5) is 25.7. The lowest BCUT2D eigenvalue weighted by Gasteiger charge is -2.28. The third-order valence-corrected chi connectivity index (χ3v) is 2.69. The molecule has 0 atom stereocenters. The van der Waals surface area contributed by atoms with E-state index in [1.807, 2.05) is 0 Å². The highest BCUT2D eigenvalue weighted by atomic mass is 16.6. The summed E-state index contributed by atoms with van der Waals surface area (Å²) >= 11 is 0. The van der Waals surface area contributed by atoms with E-state index in [4.69, 9.17) is 9.26 Å². The molecule has 3 rings (SSSR count). The maximum Gasteiger partial charge on any atom is 0.224 e. The molecule has 104 valence electrons. The van der Waals surface area contributed by atoms with Gasteiger partial charge < -0.3 is 0 Å². The molecule has 10 nitrogen and oxygen atoms in total. The van der Waals surface area contributed by atoms with Crippen LogP contribution < -0.4 is 9.80 Å². The quantitative estimate of drug-likeness (QED) is 0.768. The van der Waals surface area contributed by atoms with E-state index in [2.05, 4.69) is 20.6 Å². The van der Waals surface area contributed by atoms with Crippen LogP contribution in [0.3, 0.4) is 0 Å². The van der Waals surface area contributed by atoms with E-state index in [0.29, 0.717) is 23.3 Å². The first kappa shape index (κ1) is 12.3. The molecule has 0 saturated heterocycles. The Labute approximate surface area is 112 Å². The van der Waals surface area contributed by atoms with Crippen molar-refractivity contribution in [1.82, 2.24) is 20.6 Å². The smallest absolute Gasteiger partial charge is 0.224 e. The molecule has 2 aromatic heterocycles. The topological polar surface area (TPSA) is 118 Å². The Morgan fingerprint density at radius 1 is 0.800 bits per heavy atom. The van der Waals surface area contributed by atoms with E-state index >= 15 is 0 Å². The van der Waals surface area contributed by atoms with E-state index in [1.54, 1.807) is 0 Å². The lowest BCUT2D eigenvalue weighted by atomic mass is 10.2. The van der Waals surface area contributed by atoms with Crippen LogP contribution in [0.25, 0.3) is 0 Å². The number of Topliss-reactive ketones (excluding diaryl/α,β-unsaturated/α-hetero) is 2. The van der Waals surface area contributed by atoms with Gasteiger partial charge in [0.2, 0.25) is 23.3 Å². The van der Waals surface area contributed by atoms with Gasteiger partial charge in [-0.1, -0.05) is 0 Å². The Balaban J connectivity index is 2.10. The SMILES string of the molecule is CC(=O)CN1c2nonc2N(CC(C)=O)c2nonc21. The van der Waals surface area contributed by atoms with Gasteiger partial charge in [0.15, 0.2) is 0 Å². The molecule has 0 N–H and O–H groups in total. The number of carbonyl (C=O) groups excluding carboxylic acids is 2. The number of aromatic nitrogens is 4. The van der Waals surface area contributed by atoms with Crippen LogP contribution in [0.4, 0.5) is 23.3 Å². The average Bonchev–Trinajstić information content (AvgIpc) is 3.01. The van der Waals surface area contributed by atoms with Crippen molar-refractivity contribution in [2.24, 2.45) is 0 Å². The third kappa shape index (κ3) is 1.81. The van der Waals surface area contributed by atoms with Gasteiger partial charge in [-0.25, -0.2) is 9.26 Å². The first-order valence-corrected chi connectivity index (χ1v) is 5.77. The highest BCUT2D eigenvalue weighted by Gasteiger charge is 2.38. The van der Waals surface area contributed by atoms with Crippen molar-refractivity contribution in [3.05, 3.63) is 0 Å². The van der Waals surface area contributed by atoms with Crippen molar-refractivity contribution < 1.29 is 18.8 Å². The molecular formula is C10H10N6O4. The number of nitrogens with zero attached hydrogens (tertiary/aromatic N) is 6. The predicted octanol–water partition coefficient (Wildman–Crippen LogP) is 0.220. The molecule has 10 heteroatoms. The maximum atomic E-state index is 11.4. The monoisotopic (exact) mass is 278 g/mol. The van der Waals surface area contributed by atoms with E-state index < -0.39 is 0 Å². The second-order valence-corrected chi connectivity index (χ2v) is 4.40. The molecule has 0 fully saturated rings. The van der Waals surface area contributed by atoms with Crippen molar-refractivity contribution >= 4 is 34.8 Å². The Bertz CT molecular complexity index is 582. The molecule has 1 aliphatic rings. The highest BCUT2D eigenvalue weighted by Crippen LogP contribution is 2.43. The summed E-state index contributed by atoms with van der Waals surface area (Å²) in [5.74, 6) is 0.976. The van der Waals surface area contributed by atoms with Gasteiger partial charge in [0, 0.05) is 0 Å².